The first-order valence-corrected chi connectivity index (χ1v) is 5.69. The van der Waals surface area contributed by atoms with Gasteiger partial charge < -0.3 is 9.84 Å². The number of ether oxygens (including phenoxy) is 1. The van der Waals surface area contributed by atoms with Gasteiger partial charge in [-0.2, -0.15) is 8.78 Å². The van der Waals surface area contributed by atoms with Crippen molar-refractivity contribution in [2.75, 3.05) is 0 Å². The average molecular weight is 293 g/mol. The van der Waals surface area contributed by atoms with Crippen LogP contribution in [0.15, 0.2) is 18.2 Å². The van der Waals surface area contributed by atoms with Gasteiger partial charge in [0.15, 0.2) is 5.78 Å². The van der Waals surface area contributed by atoms with E-state index in [0.29, 0.717) is 0 Å². The van der Waals surface area contributed by atoms with E-state index in [1.54, 1.807) is 0 Å². The zero-order valence-electron chi connectivity index (χ0n) is 9.90. The Morgan fingerprint density at radius 3 is 2.53 bits per heavy atom. The van der Waals surface area contributed by atoms with E-state index in [9.17, 15) is 18.4 Å². The topological polar surface area (TPSA) is 63.6 Å². The van der Waals surface area contributed by atoms with E-state index in [4.69, 9.17) is 16.7 Å². The van der Waals surface area contributed by atoms with Gasteiger partial charge >= 0.3 is 12.6 Å². The number of carbonyl (C=O) groups excluding carboxylic acids is 1. The van der Waals surface area contributed by atoms with Gasteiger partial charge in [0.05, 0.1) is 6.42 Å². The minimum Gasteiger partial charge on any atom is -0.481 e. The normalized spacial score (nSPS) is 12.3. The Kier molecular flexibility index (Phi) is 5.23. The number of carboxylic acid groups (broad SMARTS) is 1. The number of halogens is 3. The molecule has 0 saturated carbocycles. The second-order valence-electron chi connectivity index (χ2n) is 3.75. The van der Waals surface area contributed by atoms with Crippen molar-refractivity contribution in [1.29, 1.82) is 0 Å². The molecule has 0 amide bonds. The number of hydrogen-bond donors (Lipinski definition) is 1. The Balaban J connectivity index is 3.28. The second kappa shape index (κ2) is 6.47. The Hall–Kier alpha value is -1.69. The maximum absolute atomic E-state index is 12.3. The molecule has 1 atom stereocenters. The van der Waals surface area contributed by atoms with E-state index in [2.05, 4.69) is 4.74 Å². The first-order valence-electron chi connectivity index (χ1n) is 5.25. The quantitative estimate of drug-likeness (QED) is 0.819. The van der Waals surface area contributed by atoms with E-state index in [1.165, 1.54) is 25.1 Å². The predicted molar refractivity (Wildman–Crippen MR) is 63.7 cm³/mol. The lowest BCUT2D eigenvalue weighted by atomic mass is 9.99. The largest absolute Gasteiger partial charge is 0.481 e. The van der Waals surface area contributed by atoms with E-state index < -0.39 is 30.2 Å². The zero-order valence-corrected chi connectivity index (χ0v) is 10.7. The molecule has 7 heteroatoms. The standard InChI is InChI=1S/C12H11ClF2O4/c1-6(16)11(13)7-3-2-4-9(19-12(14)15)8(7)5-10(17)18/h2-4,11-12H,5H2,1H3,(H,17,18). The summed E-state index contributed by atoms with van der Waals surface area (Å²) in [6, 6.07) is 3.99. The number of hydrogen-bond acceptors (Lipinski definition) is 3. The molecule has 0 saturated heterocycles. The summed E-state index contributed by atoms with van der Waals surface area (Å²) in [5.74, 6) is -1.94. The van der Waals surface area contributed by atoms with Crippen LogP contribution in [0, 0.1) is 0 Å². The van der Waals surface area contributed by atoms with Crippen LogP contribution in [0.2, 0.25) is 0 Å². The molecule has 0 bridgehead atoms. The van der Waals surface area contributed by atoms with E-state index in [1.807, 2.05) is 0 Å². The number of aliphatic carboxylic acids is 1. The van der Waals surface area contributed by atoms with Crippen LogP contribution in [-0.4, -0.2) is 23.5 Å². The summed E-state index contributed by atoms with van der Waals surface area (Å²) in [5, 5.41) is 7.70. The molecule has 0 spiro atoms. The summed E-state index contributed by atoms with van der Waals surface area (Å²) >= 11 is 5.85. The molecule has 1 unspecified atom stereocenters. The van der Waals surface area contributed by atoms with Crippen molar-refractivity contribution in [2.45, 2.75) is 25.3 Å². The van der Waals surface area contributed by atoms with E-state index >= 15 is 0 Å². The van der Waals surface area contributed by atoms with Crippen molar-refractivity contribution in [3.05, 3.63) is 29.3 Å². The third kappa shape index (κ3) is 4.17. The predicted octanol–water partition coefficient (Wildman–Crippen LogP) is 2.78. The SMILES string of the molecule is CC(=O)C(Cl)c1cccc(OC(F)F)c1CC(=O)O. The number of rotatable bonds is 6. The lowest BCUT2D eigenvalue weighted by Gasteiger charge is -2.16. The van der Waals surface area contributed by atoms with Gasteiger partial charge in [-0.05, 0) is 18.6 Å². The van der Waals surface area contributed by atoms with Gasteiger partial charge in [-0.25, -0.2) is 0 Å². The van der Waals surface area contributed by atoms with Crippen LogP contribution >= 0.6 is 11.6 Å². The number of ketones is 1. The van der Waals surface area contributed by atoms with Gasteiger partial charge in [0.25, 0.3) is 0 Å². The summed E-state index contributed by atoms with van der Waals surface area (Å²) in [6.45, 7) is -1.86. The highest BCUT2D eigenvalue weighted by Gasteiger charge is 2.22. The summed E-state index contributed by atoms with van der Waals surface area (Å²) in [6.07, 6.45) is -0.561. The van der Waals surface area contributed by atoms with Gasteiger partial charge in [0.1, 0.15) is 11.1 Å². The van der Waals surface area contributed by atoms with Crippen molar-refractivity contribution < 1.29 is 28.2 Å². The Bertz CT molecular complexity index is 491. The maximum atomic E-state index is 12.3. The Morgan fingerprint density at radius 1 is 1.42 bits per heavy atom. The fourth-order valence-electron chi connectivity index (χ4n) is 1.59. The van der Waals surface area contributed by atoms with Crippen LogP contribution in [0.3, 0.4) is 0 Å². The van der Waals surface area contributed by atoms with Crippen LogP contribution in [0.25, 0.3) is 0 Å². The highest BCUT2D eigenvalue weighted by Crippen LogP contribution is 2.32. The van der Waals surface area contributed by atoms with Gasteiger partial charge in [-0.1, -0.05) is 12.1 Å². The molecular formula is C12H11ClF2O4. The van der Waals surface area contributed by atoms with Crippen molar-refractivity contribution in [1.82, 2.24) is 0 Å². The molecule has 4 nitrogen and oxygen atoms in total. The van der Waals surface area contributed by atoms with Gasteiger partial charge in [0, 0.05) is 5.56 Å². The molecule has 0 aliphatic carbocycles. The second-order valence-corrected chi connectivity index (χ2v) is 4.18. The van der Waals surface area contributed by atoms with Crippen LogP contribution < -0.4 is 4.74 Å². The number of alkyl halides is 3. The summed E-state index contributed by atoms with van der Waals surface area (Å²) in [7, 11) is 0. The molecule has 1 aromatic carbocycles. The molecule has 0 aromatic heterocycles. The summed E-state index contributed by atoms with van der Waals surface area (Å²) < 4.78 is 28.8. The van der Waals surface area contributed by atoms with Crippen molar-refractivity contribution in [3.8, 4) is 5.75 Å². The minimum absolute atomic E-state index is 0.0227. The van der Waals surface area contributed by atoms with Gasteiger partial charge in [-0.15, -0.1) is 11.6 Å². The fourth-order valence-corrected chi connectivity index (χ4v) is 1.79. The molecule has 0 aliphatic rings. The average Bonchev–Trinajstić information content (AvgIpc) is 2.29. The van der Waals surface area contributed by atoms with Gasteiger partial charge in [-0.3, -0.25) is 9.59 Å². The molecule has 19 heavy (non-hydrogen) atoms. The monoisotopic (exact) mass is 292 g/mol. The van der Waals surface area contributed by atoms with Gasteiger partial charge in [0.2, 0.25) is 0 Å². The molecular weight excluding hydrogens is 282 g/mol. The fraction of sp³-hybridized carbons (Fsp3) is 0.333. The van der Waals surface area contributed by atoms with Crippen LogP contribution in [-0.2, 0) is 16.0 Å². The van der Waals surface area contributed by atoms with Crippen LogP contribution in [0.4, 0.5) is 8.78 Å². The Labute approximate surface area is 112 Å². The Morgan fingerprint density at radius 2 is 2.05 bits per heavy atom. The van der Waals surface area contributed by atoms with Crippen molar-refractivity contribution >= 4 is 23.4 Å². The number of carboxylic acids is 1. The number of benzene rings is 1. The summed E-state index contributed by atoms with van der Waals surface area (Å²) in [4.78, 5) is 22.0. The third-order valence-corrected chi connectivity index (χ3v) is 2.89. The zero-order chi connectivity index (χ0) is 14.6. The molecule has 104 valence electrons. The van der Waals surface area contributed by atoms with E-state index in [-0.39, 0.29) is 16.9 Å². The first-order chi connectivity index (χ1) is 8.82. The molecule has 0 heterocycles. The number of Topliss-reactive ketones (excluding diaryl/α,β-unsaturated/α-hetero) is 1. The third-order valence-electron chi connectivity index (χ3n) is 2.34. The summed E-state index contributed by atoms with van der Waals surface area (Å²) in [5.41, 5.74) is 0.139. The molecule has 0 fully saturated rings. The molecule has 1 aromatic rings. The minimum atomic E-state index is -3.09. The molecule has 1 N–H and O–H groups in total. The maximum Gasteiger partial charge on any atom is 0.387 e. The highest BCUT2D eigenvalue weighted by atomic mass is 35.5. The van der Waals surface area contributed by atoms with E-state index in [0.717, 1.165) is 0 Å². The first kappa shape index (κ1) is 15.4. The van der Waals surface area contributed by atoms with Crippen LogP contribution in [0.5, 0.6) is 5.75 Å². The van der Waals surface area contributed by atoms with Crippen LogP contribution in [0.1, 0.15) is 23.4 Å². The molecule has 0 aliphatic heterocycles. The van der Waals surface area contributed by atoms with Crippen molar-refractivity contribution in [3.63, 3.8) is 0 Å². The lowest BCUT2D eigenvalue weighted by molar-refractivity contribution is -0.136. The lowest BCUT2D eigenvalue weighted by Crippen LogP contribution is -2.12. The highest BCUT2D eigenvalue weighted by molar-refractivity contribution is 6.31. The smallest absolute Gasteiger partial charge is 0.387 e. The number of carbonyl (C=O) groups is 2. The molecule has 1 rings (SSSR count). The van der Waals surface area contributed by atoms with Crippen molar-refractivity contribution in [2.24, 2.45) is 0 Å². The molecule has 0 radical (unpaired) electrons.